The van der Waals surface area contributed by atoms with E-state index < -0.39 is 5.60 Å². The van der Waals surface area contributed by atoms with E-state index in [0.717, 1.165) is 39.1 Å². The van der Waals surface area contributed by atoms with E-state index in [1.165, 1.54) is 19.3 Å². The van der Waals surface area contributed by atoms with Crippen LogP contribution in [0, 0.1) is 0 Å². The quantitative estimate of drug-likeness (QED) is 0.692. The highest BCUT2D eigenvalue weighted by atomic mass is 16.6. The second-order valence-corrected chi connectivity index (χ2v) is 7.39. The lowest BCUT2D eigenvalue weighted by Crippen LogP contribution is -2.43. The number of amides is 1. The molecule has 1 rings (SSSR count). The summed E-state index contributed by atoms with van der Waals surface area (Å²) in [5.41, 5.74) is -0.426. The van der Waals surface area contributed by atoms with Crippen molar-refractivity contribution in [2.75, 3.05) is 26.2 Å². The zero-order chi connectivity index (χ0) is 17.3. The Labute approximate surface area is 142 Å². The van der Waals surface area contributed by atoms with Gasteiger partial charge in [-0.3, -0.25) is 0 Å². The number of hydrogen-bond acceptors (Lipinski definition) is 4. The van der Waals surface area contributed by atoms with Gasteiger partial charge in [-0.25, -0.2) is 4.79 Å². The van der Waals surface area contributed by atoms with Crippen LogP contribution in [0.15, 0.2) is 0 Å². The summed E-state index contributed by atoms with van der Waals surface area (Å²) in [6.07, 6.45) is 5.46. The van der Waals surface area contributed by atoms with Gasteiger partial charge in [0.1, 0.15) is 5.60 Å². The molecule has 0 saturated carbocycles. The third-order valence-electron chi connectivity index (χ3n) is 4.11. The molecule has 1 amide bonds. The normalized spacial score (nSPS) is 18.0. The fourth-order valence-corrected chi connectivity index (χ4v) is 2.82. The standard InChI is InChI=1S/C18H36N2O3/c1-6-8-15(7-2)19-11-14-22-16-9-12-20(13-10-16)17(21)23-18(3,4)5/h15-16,19H,6-14H2,1-5H3. The minimum Gasteiger partial charge on any atom is -0.444 e. The number of nitrogens with zero attached hydrogens (tertiary/aromatic N) is 1. The summed E-state index contributed by atoms with van der Waals surface area (Å²) in [6, 6.07) is 0.609. The van der Waals surface area contributed by atoms with Crippen molar-refractivity contribution in [2.45, 2.75) is 84.5 Å². The average molecular weight is 328 g/mol. The van der Waals surface area contributed by atoms with Crippen LogP contribution in [0.4, 0.5) is 4.79 Å². The molecule has 1 aliphatic rings. The number of hydrogen-bond donors (Lipinski definition) is 1. The van der Waals surface area contributed by atoms with Crippen LogP contribution in [0.25, 0.3) is 0 Å². The van der Waals surface area contributed by atoms with Gasteiger partial charge < -0.3 is 19.7 Å². The largest absolute Gasteiger partial charge is 0.444 e. The zero-order valence-electron chi connectivity index (χ0n) is 15.7. The number of likely N-dealkylation sites (tertiary alicyclic amines) is 1. The highest BCUT2D eigenvalue weighted by molar-refractivity contribution is 5.68. The van der Waals surface area contributed by atoms with Crippen molar-refractivity contribution in [3.63, 3.8) is 0 Å². The molecule has 0 aromatic rings. The van der Waals surface area contributed by atoms with Crippen molar-refractivity contribution in [3.8, 4) is 0 Å². The summed E-state index contributed by atoms with van der Waals surface area (Å²) < 4.78 is 11.4. The number of piperidine rings is 1. The summed E-state index contributed by atoms with van der Waals surface area (Å²) in [7, 11) is 0. The second kappa shape index (κ2) is 10.1. The van der Waals surface area contributed by atoms with Crippen LogP contribution in [-0.2, 0) is 9.47 Å². The third kappa shape index (κ3) is 8.56. The Kier molecular flexibility index (Phi) is 8.92. The summed E-state index contributed by atoms with van der Waals surface area (Å²) in [6.45, 7) is 13.2. The topological polar surface area (TPSA) is 50.8 Å². The van der Waals surface area contributed by atoms with Gasteiger partial charge in [0.05, 0.1) is 12.7 Å². The van der Waals surface area contributed by atoms with Gasteiger partial charge in [-0.05, 0) is 46.5 Å². The molecule has 23 heavy (non-hydrogen) atoms. The van der Waals surface area contributed by atoms with Crippen LogP contribution in [-0.4, -0.2) is 55.0 Å². The first kappa shape index (κ1) is 20.2. The molecule has 0 aliphatic carbocycles. The van der Waals surface area contributed by atoms with Crippen LogP contribution in [0.3, 0.4) is 0 Å². The van der Waals surface area contributed by atoms with Crippen molar-refractivity contribution in [1.82, 2.24) is 10.2 Å². The van der Waals surface area contributed by atoms with Crippen LogP contribution in [0.1, 0.15) is 66.7 Å². The molecule has 1 saturated heterocycles. The molecule has 5 heteroatoms. The van der Waals surface area contributed by atoms with Gasteiger partial charge in [-0.15, -0.1) is 0 Å². The SMILES string of the molecule is CCCC(CC)NCCOC1CCN(C(=O)OC(C)(C)C)CC1. The number of nitrogens with one attached hydrogen (secondary N) is 1. The van der Waals surface area contributed by atoms with Crippen molar-refractivity contribution >= 4 is 6.09 Å². The fraction of sp³-hybridized carbons (Fsp3) is 0.944. The molecule has 1 unspecified atom stereocenters. The van der Waals surface area contributed by atoms with Crippen LogP contribution >= 0.6 is 0 Å². The Morgan fingerprint density at radius 3 is 2.43 bits per heavy atom. The molecule has 1 N–H and O–H groups in total. The van der Waals surface area contributed by atoms with Gasteiger partial charge in [0.2, 0.25) is 0 Å². The first-order chi connectivity index (χ1) is 10.9. The van der Waals surface area contributed by atoms with Crippen molar-refractivity contribution in [1.29, 1.82) is 0 Å². The van der Waals surface area contributed by atoms with Crippen LogP contribution in [0.2, 0.25) is 0 Å². The van der Waals surface area contributed by atoms with E-state index in [4.69, 9.17) is 9.47 Å². The van der Waals surface area contributed by atoms with Crippen molar-refractivity contribution in [2.24, 2.45) is 0 Å². The molecule has 0 aromatic carbocycles. The molecule has 136 valence electrons. The molecule has 0 aromatic heterocycles. The molecule has 1 fully saturated rings. The molecule has 0 bridgehead atoms. The van der Waals surface area contributed by atoms with E-state index >= 15 is 0 Å². The van der Waals surface area contributed by atoms with E-state index in [2.05, 4.69) is 19.2 Å². The molecule has 5 nitrogen and oxygen atoms in total. The van der Waals surface area contributed by atoms with Gasteiger partial charge in [0.25, 0.3) is 0 Å². The minimum atomic E-state index is -0.426. The summed E-state index contributed by atoms with van der Waals surface area (Å²) in [5, 5.41) is 3.55. The average Bonchev–Trinajstić information content (AvgIpc) is 2.49. The first-order valence-corrected chi connectivity index (χ1v) is 9.18. The highest BCUT2D eigenvalue weighted by Crippen LogP contribution is 2.17. The molecule has 1 aliphatic heterocycles. The first-order valence-electron chi connectivity index (χ1n) is 9.18. The Bertz CT molecular complexity index is 334. The van der Waals surface area contributed by atoms with Crippen molar-refractivity contribution in [3.05, 3.63) is 0 Å². The third-order valence-corrected chi connectivity index (χ3v) is 4.11. The predicted molar refractivity (Wildman–Crippen MR) is 93.8 cm³/mol. The number of carbonyl (C=O) groups excluding carboxylic acids is 1. The van der Waals surface area contributed by atoms with E-state index in [1.807, 2.05) is 20.8 Å². The number of ether oxygens (including phenoxy) is 2. The molecule has 0 radical (unpaired) electrons. The molecule has 0 spiro atoms. The summed E-state index contributed by atoms with van der Waals surface area (Å²) >= 11 is 0. The van der Waals surface area contributed by atoms with E-state index in [0.29, 0.717) is 6.04 Å². The summed E-state index contributed by atoms with van der Waals surface area (Å²) in [5.74, 6) is 0. The summed E-state index contributed by atoms with van der Waals surface area (Å²) in [4.78, 5) is 13.8. The molecular formula is C18H36N2O3. The van der Waals surface area contributed by atoms with E-state index in [-0.39, 0.29) is 12.2 Å². The Hall–Kier alpha value is -0.810. The fourth-order valence-electron chi connectivity index (χ4n) is 2.82. The van der Waals surface area contributed by atoms with Gasteiger partial charge in [0, 0.05) is 25.7 Å². The van der Waals surface area contributed by atoms with Gasteiger partial charge in [0.15, 0.2) is 0 Å². The smallest absolute Gasteiger partial charge is 0.410 e. The lowest BCUT2D eigenvalue weighted by Gasteiger charge is -2.33. The monoisotopic (exact) mass is 328 g/mol. The zero-order valence-corrected chi connectivity index (χ0v) is 15.7. The molecule has 1 heterocycles. The van der Waals surface area contributed by atoms with Crippen LogP contribution in [0.5, 0.6) is 0 Å². The maximum absolute atomic E-state index is 12.0. The van der Waals surface area contributed by atoms with E-state index in [1.54, 1.807) is 4.90 Å². The van der Waals surface area contributed by atoms with E-state index in [9.17, 15) is 4.79 Å². The van der Waals surface area contributed by atoms with Gasteiger partial charge in [-0.1, -0.05) is 20.3 Å². The second-order valence-electron chi connectivity index (χ2n) is 7.39. The number of rotatable bonds is 8. The number of carbonyl (C=O) groups is 1. The van der Waals surface area contributed by atoms with Crippen molar-refractivity contribution < 1.29 is 14.3 Å². The van der Waals surface area contributed by atoms with Gasteiger partial charge >= 0.3 is 6.09 Å². The minimum absolute atomic E-state index is 0.206. The highest BCUT2D eigenvalue weighted by Gasteiger charge is 2.27. The lowest BCUT2D eigenvalue weighted by atomic mass is 10.1. The molecule has 1 atom stereocenters. The van der Waals surface area contributed by atoms with Crippen LogP contribution < -0.4 is 5.32 Å². The van der Waals surface area contributed by atoms with Gasteiger partial charge in [-0.2, -0.15) is 0 Å². The maximum Gasteiger partial charge on any atom is 0.410 e. The Morgan fingerprint density at radius 2 is 1.91 bits per heavy atom. The molecular weight excluding hydrogens is 292 g/mol. The maximum atomic E-state index is 12.0. The Morgan fingerprint density at radius 1 is 1.26 bits per heavy atom. The Balaban J connectivity index is 2.15. The predicted octanol–water partition coefficient (Wildman–Crippen LogP) is 3.57. The lowest BCUT2D eigenvalue weighted by molar-refractivity contribution is -0.0108.